The van der Waals surface area contributed by atoms with Crippen molar-refractivity contribution >= 4 is 15.7 Å². The fourth-order valence-corrected chi connectivity index (χ4v) is 6.39. The number of benzene rings is 2. The number of hydrogen-bond donors (Lipinski definition) is 1. The van der Waals surface area contributed by atoms with Gasteiger partial charge in [0.15, 0.2) is 9.84 Å². The van der Waals surface area contributed by atoms with E-state index in [2.05, 4.69) is 15.1 Å². The van der Waals surface area contributed by atoms with E-state index in [-0.39, 0.29) is 29.8 Å². The van der Waals surface area contributed by atoms with Gasteiger partial charge in [-0.25, -0.2) is 8.42 Å². The predicted octanol–water partition coefficient (Wildman–Crippen LogP) is 2.09. The molecule has 2 fully saturated rings. The molecule has 0 aromatic heterocycles. The van der Waals surface area contributed by atoms with Crippen molar-refractivity contribution in [1.82, 2.24) is 15.1 Å². The monoisotopic (exact) mass is 441 g/mol. The molecule has 2 atom stereocenters. The van der Waals surface area contributed by atoms with Crippen molar-refractivity contribution < 1.29 is 13.2 Å². The summed E-state index contributed by atoms with van der Waals surface area (Å²) < 4.78 is 23.6. The zero-order chi connectivity index (χ0) is 21.8. The number of carbonyl (C=O) groups excluding carboxylic acids is 1. The van der Waals surface area contributed by atoms with Crippen LogP contribution in [0.4, 0.5) is 0 Å². The van der Waals surface area contributed by atoms with Crippen LogP contribution in [-0.2, 0) is 14.6 Å². The number of amides is 1. The third-order valence-corrected chi connectivity index (χ3v) is 8.30. The van der Waals surface area contributed by atoms with Gasteiger partial charge in [0.2, 0.25) is 5.91 Å². The predicted molar refractivity (Wildman–Crippen MR) is 123 cm³/mol. The van der Waals surface area contributed by atoms with Gasteiger partial charge in [0.1, 0.15) is 0 Å². The third kappa shape index (κ3) is 5.34. The van der Waals surface area contributed by atoms with Crippen LogP contribution in [0.5, 0.6) is 0 Å². The molecule has 2 aliphatic heterocycles. The average molecular weight is 442 g/mol. The van der Waals surface area contributed by atoms with Gasteiger partial charge in [0, 0.05) is 32.2 Å². The minimum atomic E-state index is -2.87. The van der Waals surface area contributed by atoms with Crippen molar-refractivity contribution in [3.8, 4) is 0 Å². The van der Waals surface area contributed by atoms with Crippen molar-refractivity contribution in [1.29, 1.82) is 0 Å². The highest BCUT2D eigenvalue weighted by Crippen LogP contribution is 2.23. The molecule has 166 valence electrons. The Morgan fingerprint density at radius 2 is 1.48 bits per heavy atom. The molecule has 0 radical (unpaired) electrons. The molecule has 7 heteroatoms. The molecule has 0 unspecified atom stereocenters. The molecule has 0 aliphatic carbocycles. The van der Waals surface area contributed by atoms with Crippen LogP contribution in [-0.4, -0.2) is 73.9 Å². The van der Waals surface area contributed by atoms with Gasteiger partial charge in [0.25, 0.3) is 0 Å². The smallest absolute Gasteiger partial charge is 0.237 e. The van der Waals surface area contributed by atoms with Crippen LogP contribution >= 0.6 is 0 Å². The lowest BCUT2D eigenvalue weighted by Crippen LogP contribution is -2.56. The Hall–Kier alpha value is -2.22. The van der Waals surface area contributed by atoms with Crippen molar-refractivity contribution in [3.05, 3.63) is 71.8 Å². The van der Waals surface area contributed by atoms with E-state index >= 15 is 0 Å². The van der Waals surface area contributed by atoms with Gasteiger partial charge in [-0.2, -0.15) is 0 Å². The van der Waals surface area contributed by atoms with Gasteiger partial charge < -0.3 is 5.32 Å². The number of nitrogens with zero attached hydrogens (tertiary/aromatic N) is 2. The molecule has 1 N–H and O–H groups in total. The molecule has 2 heterocycles. The third-order valence-electron chi connectivity index (χ3n) is 6.55. The number of carbonyl (C=O) groups is 1. The first kappa shape index (κ1) is 22.0. The lowest BCUT2D eigenvalue weighted by atomic mass is 9.98. The number of sulfone groups is 1. The Labute approximate surface area is 185 Å². The van der Waals surface area contributed by atoms with Crippen LogP contribution in [0.25, 0.3) is 0 Å². The van der Waals surface area contributed by atoms with E-state index in [0.717, 1.165) is 43.7 Å². The normalized spacial score (nSPS) is 23.0. The van der Waals surface area contributed by atoms with Crippen molar-refractivity contribution in [2.24, 2.45) is 0 Å². The van der Waals surface area contributed by atoms with Crippen LogP contribution in [0.2, 0.25) is 0 Å². The van der Waals surface area contributed by atoms with Gasteiger partial charge in [-0.15, -0.1) is 0 Å². The highest BCUT2D eigenvalue weighted by Gasteiger charge is 2.35. The maximum absolute atomic E-state index is 13.2. The number of rotatable bonds is 6. The van der Waals surface area contributed by atoms with Gasteiger partial charge >= 0.3 is 0 Å². The molecule has 4 rings (SSSR count). The van der Waals surface area contributed by atoms with Gasteiger partial charge in [-0.3, -0.25) is 14.6 Å². The summed E-state index contributed by atoms with van der Waals surface area (Å²) in [5.41, 5.74) is 2.11. The molecule has 2 aromatic carbocycles. The Morgan fingerprint density at radius 1 is 0.935 bits per heavy atom. The molecule has 1 amide bonds. The van der Waals surface area contributed by atoms with E-state index in [9.17, 15) is 13.2 Å². The number of hydrogen-bond acceptors (Lipinski definition) is 5. The maximum atomic E-state index is 13.2. The minimum Gasteiger partial charge on any atom is -0.344 e. The quantitative estimate of drug-likeness (QED) is 0.743. The summed E-state index contributed by atoms with van der Waals surface area (Å²) in [7, 11) is -2.87. The molecule has 0 bridgehead atoms. The minimum absolute atomic E-state index is 0.00889. The maximum Gasteiger partial charge on any atom is 0.237 e. The van der Waals surface area contributed by atoms with E-state index in [0.29, 0.717) is 5.75 Å². The first-order chi connectivity index (χ1) is 14.9. The topological polar surface area (TPSA) is 69.7 Å². The molecule has 31 heavy (non-hydrogen) atoms. The van der Waals surface area contributed by atoms with Crippen LogP contribution in [0.1, 0.15) is 30.5 Å². The lowest BCUT2D eigenvalue weighted by Gasteiger charge is -2.40. The summed E-state index contributed by atoms with van der Waals surface area (Å²) in [5, 5.41) is 3.25. The molecule has 6 nitrogen and oxygen atoms in total. The largest absolute Gasteiger partial charge is 0.344 e. The zero-order valence-corrected chi connectivity index (χ0v) is 18.8. The SMILES string of the molecule is C[C@H](C(=O)NC(c1ccccc1)c1ccccc1)N1CCN([C@@H]2CCS(=O)(=O)C2)CC1. The van der Waals surface area contributed by atoms with Gasteiger partial charge in [0.05, 0.1) is 23.6 Å². The zero-order valence-electron chi connectivity index (χ0n) is 18.0. The summed E-state index contributed by atoms with van der Waals surface area (Å²) >= 11 is 0. The highest BCUT2D eigenvalue weighted by molar-refractivity contribution is 7.91. The Kier molecular flexibility index (Phi) is 6.74. The summed E-state index contributed by atoms with van der Waals surface area (Å²) in [6.07, 6.45) is 0.730. The second kappa shape index (κ2) is 9.51. The second-order valence-corrected chi connectivity index (χ2v) is 10.8. The molecule has 0 saturated carbocycles. The van der Waals surface area contributed by atoms with E-state index in [4.69, 9.17) is 0 Å². The first-order valence-corrected chi connectivity index (χ1v) is 12.8. The fraction of sp³-hybridized carbons (Fsp3) is 0.458. The van der Waals surface area contributed by atoms with E-state index in [1.807, 2.05) is 67.6 Å². The van der Waals surface area contributed by atoms with E-state index < -0.39 is 9.84 Å². The van der Waals surface area contributed by atoms with Crippen molar-refractivity contribution in [2.75, 3.05) is 37.7 Å². The number of piperazine rings is 1. The van der Waals surface area contributed by atoms with Crippen molar-refractivity contribution in [2.45, 2.75) is 31.5 Å². The van der Waals surface area contributed by atoms with E-state index in [1.54, 1.807) is 0 Å². The Bertz CT molecular complexity index is 934. The van der Waals surface area contributed by atoms with Crippen LogP contribution in [0.15, 0.2) is 60.7 Å². The van der Waals surface area contributed by atoms with Gasteiger partial charge in [-0.1, -0.05) is 60.7 Å². The second-order valence-electron chi connectivity index (χ2n) is 8.57. The molecule has 2 aromatic rings. The summed E-state index contributed by atoms with van der Waals surface area (Å²) in [6.45, 7) is 5.11. The van der Waals surface area contributed by atoms with Crippen LogP contribution in [0, 0.1) is 0 Å². The molecule has 2 saturated heterocycles. The van der Waals surface area contributed by atoms with Gasteiger partial charge in [-0.05, 0) is 24.5 Å². The molecular weight excluding hydrogens is 410 g/mol. The standard InChI is InChI=1S/C24H31N3O3S/c1-19(26-13-15-27(16-14-26)22-12-17-31(29,30)18-22)24(28)25-23(20-8-4-2-5-9-20)21-10-6-3-7-11-21/h2-11,19,22-23H,12-18H2,1H3,(H,25,28)/t19-,22-/m1/s1. The number of nitrogens with one attached hydrogen (secondary N) is 1. The molecule has 0 spiro atoms. The summed E-state index contributed by atoms with van der Waals surface area (Å²) in [6, 6.07) is 19.8. The fourth-order valence-electron chi connectivity index (χ4n) is 4.63. The van der Waals surface area contributed by atoms with Crippen LogP contribution < -0.4 is 5.32 Å². The molecular formula is C24H31N3O3S. The van der Waals surface area contributed by atoms with E-state index in [1.165, 1.54) is 0 Å². The lowest BCUT2D eigenvalue weighted by molar-refractivity contribution is -0.127. The Balaban J connectivity index is 1.38. The van der Waals surface area contributed by atoms with Crippen molar-refractivity contribution in [3.63, 3.8) is 0 Å². The highest BCUT2D eigenvalue weighted by atomic mass is 32.2. The molecule has 2 aliphatic rings. The average Bonchev–Trinajstić information content (AvgIpc) is 3.17. The summed E-state index contributed by atoms with van der Waals surface area (Å²) in [4.78, 5) is 17.7. The Morgan fingerprint density at radius 3 is 1.97 bits per heavy atom. The first-order valence-electron chi connectivity index (χ1n) is 11.0. The van der Waals surface area contributed by atoms with Crippen LogP contribution in [0.3, 0.4) is 0 Å². The summed E-state index contributed by atoms with van der Waals surface area (Å²) in [5.74, 6) is 0.588.